The molecule has 0 amide bonds. The third-order valence-electron chi connectivity index (χ3n) is 3.16. The first kappa shape index (κ1) is 26.4. The zero-order valence-electron chi connectivity index (χ0n) is 14.0. The maximum absolute atomic E-state index is 13.2. The van der Waals surface area contributed by atoms with Gasteiger partial charge in [-0.05, 0) is 6.42 Å². The molecule has 152 valence electrons. The molecule has 0 unspecified atom stereocenters. The Kier molecular flexibility index (Phi) is 11.6. The third-order valence-corrected chi connectivity index (χ3v) is 4.06. The monoisotopic (exact) mass is 401 g/mol. The minimum Gasteiger partial charge on any atom is -0.327 e. The Balaban J connectivity index is 0. The van der Waals surface area contributed by atoms with Crippen LogP contribution in [0.5, 0.6) is 0 Å². The minimum absolute atomic E-state index is 0.142. The van der Waals surface area contributed by atoms with Gasteiger partial charge in [0, 0.05) is 13.0 Å². The lowest BCUT2D eigenvalue weighted by Gasteiger charge is -2.30. The summed E-state index contributed by atoms with van der Waals surface area (Å²) in [6.07, 6.45) is 2.68. The van der Waals surface area contributed by atoms with Gasteiger partial charge >= 0.3 is 27.2 Å². The molecule has 0 aliphatic rings. The molecule has 4 nitrogen and oxygen atoms in total. The molecule has 0 rings (SSSR count). The molecular formula is C14H25F6NO3S. The van der Waals surface area contributed by atoms with Crippen molar-refractivity contribution in [3.63, 3.8) is 0 Å². The topological polar surface area (TPSA) is 80.4 Å². The number of nitrogens with two attached hydrogens (primary N) is 1. The first-order chi connectivity index (χ1) is 11.2. The molecule has 0 aromatic heterocycles. The van der Waals surface area contributed by atoms with Crippen LogP contribution in [0.15, 0.2) is 12.7 Å². The Morgan fingerprint density at radius 1 is 1.00 bits per heavy atom. The molecule has 0 saturated heterocycles. The van der Waals surface area contributed by atoms with E-state index in [-0.39, 0.29) is 6.42 Å². The van der Waals surface area contributed by atoms with Gasteiger partial charge in [-0.15, -0.1) is 6.58 Å². The molecular weight excluding hydrogens is 376 g/mol. The molecule has 0 heterocycles. The summed E-state index contributed by atoms with van der Waals surface area (Å²) in [5.74, 6) is -11.4. The van der Waals surface area contributed by atoms with E-state index in [1.165, 1.54) is 0 Å². The van der Waals surface area contributed by atoms with E-state index in [1.54, 1.807) is 6.08 Å². The highest BCUT2D eigenvalue weighted by Gasteiger charge is 2.76. The van der Waals surface area contributed by atoms with Gasteiger partial charge in [0.1, 0.15) is 0 Å². The zero-order valence-corrected chi connectivity index (χ0v) is 14.8. The normalized spacial score (nSPS) is 13.2. The quantitative estimate of drug-likeness (QED) is 0.229. The number of alkyl halides is 6. The molecule has 0 spiro atoms. The number of hydrogen-bond donors (Lipinski definition) is 2. The first-order valence-corrected chi connectivity index (χ1v) is 9.08. The molecule has 0 atom stereocenters. The Morgan fingerprint density at radius 3 is 1.76 bits per heavy atom. The van der Waals surface area contributed by atoms with Crippen LogP contribution in [0.1, 0.15) is 51.9 Å². The van der Waals surface area contributed by atoms with Crippen LogP contribution in [-0.4, -0.2) is 36.6 Å². The van der Waals surface area contributed by atoms with E-state index in [9.17, 15) is 34.8 Å². The van der Waals surface area contributed by atoms with Gasteiger partial charge < -0.3 is 5.73 Å². The molecule has 0 aliphatic heterocycles. The number of rotatable bonds is 11. The van der Waals surface area contributed by atoms with Crippen LogP contribution in [-0.2, 0) is 10.1 Å². The van der Waals surface area contributed by atoms with Gasteiger partial charge in [0.2, 0.25) is 0 Å². The fraction of sp³-hybridized carbons (Fsp3) is 0.857. The molecule has 0 radical (unpaired) electrons. The van der Waals surface area contributed by atoms with Crippen LogP contribution >= 0.6 is 0 Å². The van der Waals surface area contributed by atoms with E-state index in [1.807, 2.05) is 6.92 Å². The van der Waals surface area contributed by atoms with E-state index >= 15 is 0 Å². The highest BCUT2D eigenvalue weighted by atomic mass is 32.2. The van der Waals surface area contributed by atoms with Crippen molar-refractivity contribution in [2.24, 2.45) is 5.73 Å². The molecule has 0 aromatic carbocycles. The second-order valence-corrected chi connectivity index (χ2v) is 6.78. The van der Waals surface area contributed by atoms with E-state index in [2.05, 4.69) is 6.58 Å². The van der Waals surface area contributed by atoms with E-state index in [0.717, 1.165) is 12.8 Å². The van der Waals surface area contributed by atoms with Crippen LogP contribution in [0.4, 0.5) is 26.3 Å². The molecule has 0 saturated carbocycles. The smallest absolute Gasteiger partial charge is 0.327 e. The standard InChI is InChI=1S/C11H18F6O3S.C3H7N/c1-2-3-4-5-6-7-8-9(12,13)10(14,15)11(16,17)21(18,19)20;1-2-3-4/h2-8H2,1H3,(H,18,19,20);2H,1,3-4H2. The first-order valence-electron chi connectivity index (χ1n) is 7.64. The lowest BCUT2D eigenvalue weighted by atomic mass is 10.0. The molecule has 25 heavy (non-hydrogen) atoms. The Morgan fingerprint density at radius 2 is 1.40 bits per heavy atom. The third kappa shape index (κ3) is 7.95. The Bertz CT molecular complexity index is 483. The van der Waals surface area contributed by atoms with Crippen molar-refractivity contribution in [3.8, 4) is 0 Å². The van der Waals surface area contributed by atoms with Crippen molar-refractivity contribution in [1.82, 2.24) is 0 Å². The maximum Gasteiger partial charge on any atom is 0.437 e. The summed E-state index contributed by atoms with van der Waals surface area (Å²) >= 11 is 0. The summed E-state index contributed by atoms with van der Waals surface area (Å²) in [5, 5.41) is -6.24. The number of hydrogen-bond acceptors (Lipinski definition) is 3. The van der Waals surface area contributed by atoms with Crippen LogP contribution in [0.25, 0.3) is 0 Å². The number of halogens is 6. The predicted molar refractivity (Wildman–Crippen MR) is 83.6 cm³/mol. The lowest BCUT2D eigenvalue weighted by Crippen LogP contribution is -2.57. The van der Waals surface area contributed by atoms with Crippen molar-refractivity contribution in [2.45, 2.75) is 69.0 Å². The van der Waals surface area contributed by atoms with Crippen molar-refractivity contribution >= 4 is 10.1 Å². The van der Waals surface area contributed by atoms with Crippen molar-refractivity contribution in [3.05, 3.63) is 12.7 Å². The second-order valence-electron chi connectivity index (χ2n) is 5.31. The molecule has 0 bridgehead atoms. The van der Waals surface area contributed by atoms with Gasteiger partial charge in [0.05, 0.1) is 0 Å². The highest BCUT2D eigenvalue weighted by Crippen LogP contribution is 2.50. The fourth-order valence-electron chi connectivity index (χ4n) is 1.66. The van der Waals surface area contributed by atoms with Gasteiger partial charge in [-0.1, -0.05) is 45.1 Å². The minimum atomic E-state index is -6.65. The van der Waals surface area contributed by atoms with Crippen LogP contribution in [0.3, 0.4) is 0 Å². The average Bonchev–Trinajstić information content (AvgIpc) is 2.49. The van der Waals surface area contributed by atoms with Crippen LogP contribution in [0, 0.1) is 0 Å². The summed E-state index contributed by atoms with van der Waals surface area (Å²) < 4.78 is 107. The van der Waals surface area contributed by atoms with E-state index in [4.69, 9.17) is 10.3 Å². The second kappa shape index (κ2) is 11.0. The average molecular weight is 401 g/mol. The summed E-state index contributed by atoms with van der Waals surface area (Å²) in [7, 11) is -6.65. The maximum atomic E-state index is 13.2. The van der Waals surface area contributed by atoms with Crippen LogP contribution in [0.2, 0.25) is 0 Å². The van der Waals surface area contributed by atoms with Gasteiger partial charge in [0.25, 0.3) is 0 Å². The van der Waals surface area contributed by atoms with E-state index < -0.39 is 40.1 Å². The summed E-state index contributed by atoms with van der Waals surface area (Å²) in [5.41, 5.74) is 4.91. The van der Waals surface area contributed by atoms with Gasteiger partial charge in [-0.3, -0.25) is 4.55 Å². The Labute approximate surface area is 144 Å². The molecule has 0 fully saturated rings. The Hall–Kier alpha value is -0.810. The highest BCUT2D eigenvalue weighted by molar-refractivity contribution is 7.87. The molecule has 0 aromatic rings. The number of unbranched alkanes of at least 4 members (excludes halogenated alkanes) is 5. The summed E-state index contributed by atoms with van der Waals surface area (Å²) in [6, 6.07) is 0. The van der Waals surface area contributed by atoms with E-state index in [0.29, 0.717) is 19.4 Å². The van der Waals surface area contributed by atoms with Gasteiger partial charge in [0.15, 0.2) is 0 Å². The summed E-state index contributed by atoms with van der Waals surface area (Å²) in [6.45, 7) is 5.85. The largest absolute Gasteiger partial charge is 0.437 e. The lowest BCUT2D eigenvalue weighted by molar-refractivity contribution is -0.282. The fourth-order valence-corrected chi connectivity index (χ4v) is 2.13. The van der Waals surface area contributed by atoms with Gasteiger partial charge in [-0.2, -0.15) is 34.8 Å². The molecule has 11 heteroatoms. The zero-order chi connectivity index (χ0) is 20.4. The van der Waals surface area contributed by atoms with Gasteiger partial charge in [-0.25, -0.2) is 0 Å². The SMILES string of the molecule is C=CCN.CCCCCCCCC(F)(F)C(F)(F)C(F)(F)S(=O)(=O)O. The molecule has 0 aliphatic carbocycles. The van der Waals surface area contributed by atoms with Crippen molar-refractivity contribution < 1.29 is 39.3 Å². The van der Waals surface area contributed by atoms with Crippen molar-refractivity contribution in [1.29, 1.82) is 0 Å². The van der Waals surface area contributed by atoms with Crippen molar-refractivity contribution in [2.75, 3.05) is 6.54 Å². The predicted octanol–water partition coefficient (Wildman–Crippen LogP) is 4.62. The van der Waals surface area contributed by atoms with Crippen LogP contribution < -0.4 is 5.73 Å². The molecule has 3 N–H and O–H groups in total. The summed E-state index contributed by atoms with van der Waals surface area (Å²) in [4.78, 5) is 0.